The second-order valence-corrected chi connectivity index (χ2v) is 3.55. The van der Waals surface area contributed by atoms with Crippen LogP contribution in [-0.4, -0.2) is 25.4 Å². The Morgan fingerprint density at radius 3 is 2.44 bits per heavy atom. The Bertz CT molecular complexity index is 378. The van der Waals surface area contributed by atoms with Crippen molar-refractivity contribution in [2.75, 3.05) is 13.2 Å². The van der Waals surface area contributed by atoms with Crippen LogP contribution in [-0.2, 0) is 20.8 Å². The number of ether oxygens (including phenoxy) is 2. The molecule has 4 nitrogen and oxygen atoms in total. The van der Waals surface area contributed by atoms with Crippen LogP contribution in [0.4, 0.5) is 4.39 Å². The molecule has 100 valence electrons. The van der Waals surface area contributed by atoms with Gasteiger partial charge < -0.3 is 14.8 Å². The van der Waals surface area contributed by atoms with Gasteiger partial charge >= 0.3 is 0 Å². The molecule has 1 rings (SSSR count). The van der Waals surface area contributed by atoms with E-state index < -0.39 is 12.2 Å². The zero-order valence-corrected chi connectivity index (χ0v) is 10.6. The predicted molar refractivity (Wildman–Crippen MR) is 65.3 cm³/mol. The van der Waals surface area contributed by atoms with E-state index >= 15 is 0 Å². The number of hydrogen-bond donors (Lipinski definition) is 1. The van der Waals surface area contributed by atoms with Gasteiger partial charge in [0.2, 0.25) is 6.29 Å². The second-order valence-electron chi connectivity index (χ2n) is 3.55. The summed E-state index contributed by atoms with van der Waals surface area (Å²) in [5, 5.41) is 2.58. The lowest BCUT2D eigenvalue weighted by Gasteiger charge is -2.16. The summed E-state index contributed by atoms with van der Waals surface area (Å²) in [5.41, 5.74) is 0.428. The van der Waals surface area contributed by atoms with Crippen LogP contribution in [0.3, 0.4) is 0 Å². The van der Waals surface area contributed by atoms with Crippen molar-refractivity contribution >= 4 is 5.91 Å². The number of benzene rings is 1. The van der Waals surface area contributed by atoms with Gasteiger partial charge in [-0.15, -0.1) is 0 Å². The van der Waals surface area contributed by atoms with Crippen LogP contribution in [0.5, 0.6) is 0 Å². The SMILES string of the molecule is CCOC(OCC)C(=O)NCc1ccccc1F. The maximum Gasteiger partial charge on any atom is 0.277 e. The molecule has 0 atom stereocenters. The van der Waals surface area contributed by atoms with E-state index in [-0.39, 0.29) is 12.4 Å². The van der Waals surface area contributed by atoms with Gasteiger partial charge in [-0.25, -0.2) is 4.39 Å². The highest BCUT2D eigenvalue weighted by molar-refractivity contribution is 5.79. The zero-order valence-electron chi connectivity index (χ0n) is 10.6. The number of carbonyl (C=O) groups excluding carboxylic acids is 1. The molecule has 5 heteroatoms. The minimum Gasteiger partial charge on any atom is -0.347 e. The van der Waals surface area contributed by atoms with Gasteiger partial charge in [-0.1, -0.05) is 18.2 Å². The van der Waals surface area contributed by atoms with Crippen molar-refractivity contribution in [1.82, 2.24) is 5.32 Å². The third-order valence-electron chi connectivity index (χ3n) is 2.26. The van der Waals surface area contributed by atoms with Crippen molar-refractivity contribution in [2.45, 2.75) is 26.7 Å². The van der Waals surface area contributed by atoms with Crippen LogP contribution >= 0.6 is 0 Å². The van der Waals surface area contributed by atoms with Crippen molar-refractivity contribution in [1.29, 1.82) is 0 Å². The summed E-state index contributed by atoms with van der Waals surface area (Å²) in [6.45, 7) is 4.41. The Labute approximate surface area is 106 Å². The highest BCUT2D eigenvalue weighted by atomic mass is 19.1. The van der Waals surface area contributed by atoms with Crippen LogP contribution in [0, 0.1) is 5.82 Å². The Morgan fingerprint density at radius 1 is 1.28 bits per heavy atom. The molecule has 0 aliphatic carbocycles. The summed E-state index contributed by atoms with van der Waals surface area (Å²) in [6.07, 6.45) is -0.938. The zero-order chi connectivity index (χ0) is 13.4. The quantitative estimate of drug-likeness (QED) is 0.756. The van der Waals surface area contributed by atoms with Gasteiger partial charge in [0.15, 0.2) is 0 Å². The molecule has 0 spiro atoms. The first-order valence-corrected chi connectivity index (χ1v) is 5.93. The molecule has 18 heavy (non-hydrogen) atoms. The molecule has 0 fully saturated rings. The maximum atomic E-state index is 13.3. The fourth-order valence-corrected chi connectivity index (χ4v) is 1.41. The Balaban J connectivity index is 2.51. The molecule has 0 heterocycles. The first-order valence-electron chi connectivity index (χ1n) is 5.93. The summed E-state index contributed by atoms with van der Waals surface area (Å²) < 4.78 is 23.6. The third kappa shape index (κ3) is 4.43. The van der Waals surface area contributed by atoms with Gasteiger partial charge in [0.25, 0.3) is 5.91 Å². The van der Waals surface area contributed by atoms with Crippen LogP contribution in [0.2, 0.25) is 0 Å². The van der Waals surface area contributed by atoms with E-state index in [1.165, 1.54) is 6.07 Å². The molecule has 0 saturated carbocycles. The van der Waals surface area contributed by atoms with Gasteiger partial charge in [0.05, 0.1) is 0 Å². The summed E-state index contributed by atoms with van der Waals surface area (Å²) in [4.78, 5) is 11.7. The standard InChI is InChI=1S/C13H18FNO3/c1-3-17-13(18-4-2)12(16)15-9-10-7-5-6-8-11(10)14/h5-8,13H,3-4,9H2,1-2H3,(H,15,16). The van der Waals surface area contributed by atoms with Gasteiger partial charge in [-0.2, -0.15) is 0 Å². The van der Waals surface area contributed by atoms with E-state index in [0.29, 0.717) is 18.8 Å². The number of carbonyl (C=O) groups is 1. The average molecular weight is 255 g/mol. The minimum absolute atomic E-state index is 0.113. The van der Waals surface area contributed by atoms with Crippen LogP contribution < -0.4 is 5.32 Å². The van der Waals surface area contributed by atoms with E-state index in [4.69, 9.17) is 9.47 Å². The molecular weight excluding hydrogens is 237 g/mol. The maximum absolute atomic E-state index is 13.3. The van der Waals surface area contributed by atoms with Crippen molar-refractivity contribution in [2.24, 2.45) is 0 Å². The lowest BCUT2D eigenvalue weighted by atomic mass is 10.2. The molecule has 1 N–H and O–H groups in total. The summed E-state index contributed by atoms with van der Waals surface area (Å²) >= 11 is 0. The van der Waals surface area contributed by atoms with Crippen molar-refractivity contribution in [3.05, 3.63) is 35.6 Å². The molecule has 1 amide bonds. The molecule has 0 aliphatic rings. The molecule has 1 aromatic carbocycles. The molecule has 0 aliphatic heterocycles. The smallest absolute Gasteiger partial charge is 0.277 e. The van der Waals surface area contributed by atoms with Gasteiger partial charge in [0, 0.05) is 25.3 Å². The van der Waals surface area contributed by atoms with Gasteiger partial charge in [-0.3, -0.25) is 4.79 Å². The third-order valence-corrected chi connectivity index (χ3v) is 2.26. The number of amides is 1. The first-order chi connectivity index (χ1) is 8.69. The average Bonchev–Trinajstić information content (AvgIpc) is 2.37. The Kier molecular flexibility index (Phi) is 6.32. The lowest BCUT2D eigenvalue weighted by Crippen LogP contribution is -2.38. The number of nitrogens with one attached hydrogen (secondary N) is 1. The molecule has 0 saturated heterocycles. The highest BCUT2D eigenvalue weighted by Crippen LogP contribution is 2.06. The molecule has 0 bridgehead atoms. The van der Waals surface area contributed by atoms with E-state index in [2.05, 4.69) is 5.32 Å². The van der Waals surface area contributed by atoms with E-state index in [9.17, 15) is 9.18 Å². The Hall–Kier alpha value is -1.46. The second kappa shape index (κ2) is 7.79. The largest absolute Gasteiger partial charge is 0.347 e. The summed E-state index contributed by atoms with van der Waals surface area (Å²) in [5.74, 6) is -0.746. The molecule has 0 radical (unpaired) electrons. The Morgan fingerprint density at radius 2 is 1.89 bits per heavy atom. The van der Waals surface area contributed by atoms with Crippen molar-refractivity contribution in [3.63, 3.8) is 0 Å². The van der Waals surface area contributed by atoms with E-state index in [1.807, 2.05) is 0 Å². The predicted octanol–water partition coefficient (Wildman–Crippen LogP) is 1.84. The van der Waals surface area contributed by atoms with Crippen LogP contribution in [0.1, 0.15) is 19.4 Å². The topological polar surface area (TPSA) is 47.6 Å². The number of halogens is 1. The van der Waals surface area contributed by atoms with Gasteiger partial charge in [0.1, 0.15) is 5.82 Å². The lowest BCUT2D eigenvalue weighted by molar-refractivity contribution is -0.170. The highest BCUT2D eigenvalue weighted by Gasteiger charge is 2.18. The molecular formula is C13H18FNO3. The summed E-state index contributed by atoms with van der Waals surface area (Å²) in [7, 11) is 0. The van der Waals surface area contributed by atoms with Gasteiger partial charge in [-0.05, 0) is 19.9 Å². The molecule has 0 unspecified atom stereocenters. The van der Waals surface area contributed by atoms with E-state index in [0.717, 1.165) is 0 Å². The fraction of sp³-hybridized carbons (Fsp3) is 0.462. The number of rotatable bonds is 7. The molecule has 1 aromatic rings. The minimum atomic E-state index is -0.938. The monoisotopic (exact) mass is 255 g/mol. The normalized spacial score (nSPS) is 10.7. The van der Waals surface area contributed by atoms with E-state index in [1.54, 1.807) is 32.0 Å². The van der Waals surface area contributed by atoms with Crippen LogP contribution in [0.15, 0.2) is 24.3 Å². The number of hydrogen-bond acceptors (Lipinski definition) is 3. The fourth-order valence-electron chi connectivity index (χ4n) is 1.41. The first kappa shape index (κ1) is 14.6. The van der Waals surface area contributed by atoms with Crippen LogP contribution in [0.25, 0.3) is 0 Å². The molecule has 0 aromatic heterocycles. The van der Waals surface area contributed by atoms with Crippen molar-refractivity contribution in [3.8, 4) is 0 Å². The van der Waals surface area contributed by atoms with Crippen molar-refractivity contribution < 1.29 is 18.7 Å². The summed E-state index contributed by atoms with van der Waals surface area (Å²) in [6, 6.07) is 6.28.